The van der Waals surface area contributed by atoms with E-state index >= 15 is 0 Å². The number of nitrogens with zero attached hydrogens (tertiary/aromatic N) is 1. The largest absolute Gasteiger partial charge is 0.380 e. The summed E-state index contributed by atoms with van der Waals surface area (Å²) < 4.78 is 5.01. The average Bonchev–Trinajstić information content (AvgIpc) is 2.49. The summed E-state index contributed by atoms with van der Waals surface area (Å²) in [5.74, 6) is 0.480. The maximum absolute atomic E-state index is 5.64. The van der Waals surface area contributed by atoms with Gasteiger partial charge in [0.05, 0.1) is 5.39 Å². The monoisotopic (exact) mass is 176 g/mol. The Morgan fingerprint density at radius 2 is 2.31 bits per heavy atom. The van der Waals surface area contributed by atoms with Crippen LogP contribution in [-0.2, 0) is 6.42 Å². The van der Waals surface area contributed by atoms with Gasteiger partial charge in [0.25, 0.3) is 0 Å². The van der Waals surface area contributed by atoms with Gasteiger partial charge in [0.2, 0.25) is 0 Å². The van der Waals surface area contributed by atoms with Gasteiger partial charge in [-0.05, 0) is 24.1 Å². The fraction of sp³-hybridized carbons (Fsp3) is 0.300. The maximum Gasteiger partial charge on any atom is 0.174 e. The number of hydrogen-bond donors (Lipinski definition) is 1. The van der Waals surface area contributed by atoms with Crippen LogP contribution in [0, 0.1) is 0 Å². The van der Waals surface area contributed by atoms with Crippen molar-refractivity contribution in [2.75, 3.05) is 5.73 Å². The predicted octanol–water partition coefficient (Wildman–Crippen LogP) is 2.36. The minimum absolute atomic E-state index is 0.480. The highest BCUT2D eigenvalue weighted by molar-refractivity contribution is 5.87. The third-order valence-electron chi connectivity index (χ3n) is 2.10. The first-order valence-electron chi connectivity index (χ1n) is 4.45. The van der Waals surface area contributed by atoms with E-state index in [0.717, 1.165) is 23.8 Å². The van der Waals surface area contributed by atoms with Crippen molar-refractivity contribution in [2.24, 2.45) is 0 Å². The number of anilines is 1. The Balaban J connectivity index is 2.53. The van der Waals surface area contributed by atoms with E-state index < -0.39 is 0 Å². The molecule has 0 aliphatic carbocycles. The molecule has 2 aromatic rings. The smallest absolute Gasteiger partial charge is 0.174 e. The number of rotatable bonds is 2. The Hall–Kier alpha value is -1.51. The van der Waals surface area contributed by atoms with Crippen molar-refractivity contribution in [1.29, 1.82) is 0 Å². The zero-order chi connectivity index (χ0) is 9.26. The van der Waals surface area contributed by atoms with E-state index in [1.54, 1.807) is 0 Å². The van der Waals surface area contributed by atoms with Crippen LogP contribution < -0.4 is 5.73 Å². The second-order valence-electron chi connectivity index (χ2n) is 3.15. The van der Waals surface area contributed by atoms with Crippen LogP contribution in [0.5, 0.6) is 0 Å². The van der Waals surface area contributed by atoms with Gasteiger partial charge < -0.3 is 10.3 Å². The van der Waals surface area contributed by atoms with Gasteiger partial charge in [-0.2, -0.15) is 0 Å². The van der Waals surface area contributed by atoms with Crippen LogP contribution in [0.15, 0.2) is 22.7 Å². The van der Waals surface area contributed by atoms with E-state index in [-0.39, 0.29) is 0 Å². The summed E-state index contributed by atoms with van der Waals surface area (Å²) in [5, 5.41) is 4.62. The summed E-state index contributed by atoms with van der Waals surface area (Å²) in [6.45, 7) is 2.15. The lowest BCUT2D eigenvalue weighted by molar-refractivity contribution is 0.460. The zero-order valence-electron chi connectivity index (χ0n) is 7.58. The molecule has 3 heteroatoms. The summed E-state index contributed by atoms with van der Waals surface area (Å²) in [7, 11) is 0. The molecule has 3 nitrogen and oxygen atoms in total. The third kappa shape index (κ3) is 1.37. The zero-order valence-corrected chi connectivity index (χ0v) is 7.58. The van der Waals surface area contributed by atoms with Crippen LogP contribution >= 0.6 is 0 Å². The van der Waals surface area contributed by atoms with Gasteiger partial charge in [-0.25, -0.2) is 0 Å². The molecule has 0 spiro atoms. The molecule has 1 aromatic carbocycles. The second kappa shape index (κ2) is 3.09. The molecular weight excluding hydrogens is 164 g/mol. The number of nitrogen functional groups attached to an aromatic ring is 1. The van der Waals surface area contributed by atoms with E-state index in [1.807, 2.05) is 12.1 Å². The van der Waals surface area contributed by atoms with E-state index in [0.29, 0.717) is 5.82 Å². The molecule has 68 valence electrons. The van der Waals surface area contributed by atoms with Crippen molar-refractivity contribution in [3.8, 4) is 0 Å². The summed E-state index contributed by atoms with van der Waals surface area (Å²) >= 11 is 0. The topological polar surface area (TPSA) is 52.0 Å². The van der Waals surface area contributed by atoms with Gasteiger partial charge in [-0.15, -0.1) is 0 Å². The number of benzene rings is 1. The molecule has 0 amide bonds. The molecule has 2 rings (SSSR count). The maximum atomic E-state index is 5.64. The predicted molar refractivity (Wildman–Crippen MR) is 52.4 cm³/mol. The molecule has 0 radical (unpaired) electrons. The summed E-state index contributed by atoms with van der Waals surface area (Å²) in [5.41, 5.74) is 7.68. The molecular formula is C10H12N2O. The number of hydrogen-bond acceptors (Lipinski definition) is 3. The lowest BCUT2D eigenvalue weighted by Gasteiger charge is -1.96. The van der Waals surface area contributed by atoms with Crippen molar-refractivity contribution >= 4 is 16.8 Å². The Morgan fingerprint density at radius 1 is 1.46 bits per heavy atom. The SMILES string of the molecule is CCCc1ccc2onc(N)c2c1. The normalized spacial score (nSPS) is 10.8. The molecule has 1 aromatic heterocycles. The van der Waals surface area contributed by atoms with E-state index in [9.17, 15) is 0 Å². The van der Waals surface area contributed by atoms with E-state index in [1.165, 1.54) is 5.56 Å². The average molecular weight is 176 g/mol. The highest BCUT2D eigenvalue weighted by Gasteiger charge is 2.04. The van der Waals surface area contributed by atoms with Gasteiger partial charge in [-0.1, -0.05) is 24.6 Å². The first kappa shape index (κ1) is 8.10. The molecule has 0 bridgehead atoms. The van der Waals surface area contributed by atoms with E-state index in [2.05, 4.69) is 18.1 Å². The first-order chi connectivity index (χ1) is 6.31. The second-order valence-corrected chi connectivity index (χ2v) is 3.15. The van der Waals surface area contributed by atoms with Crippen molar-refractivity contribution < 1.29 is 4.52 Å². The van der Waals surface area contributed by atoms with Crippen molar-refractivity contribution in [3.05, 3.63) is 23.8 Å². The fourth-order valence-electron chi connectivity index (χ4n) is 1.45. The molecule has 13 heavy (non-hydrogen) atoms. The Labute approximate surface area is 76.5 Å². The number of nitrogens with two attached hydrogens (primary N) is 1. The lowest BCUT2D eigenvalue weighted by Crippen LogP contribution is -1.85. The summed E-state index contributed by atoms with van der Waals surface area (Å²) in [6.07, 6.45) is 2.21. The molecule has 0 aliphatic rings. The molecule has 2 N–H and O–H groups in total. The Morgan fingerprint density at radius 3 is 3.08 bits per heavy atom. The van der Waals surface area contributed by atoms with Crippen molar-refractivity contribution in [3.63, 3.8) is 0 Å². The van der Waals surface area contributed by atoms with Crippen molar-refractivity contribution in [1.82, 2.24) is 5.16 Å². The number of fused-ring (bicyclic) bond motifs is 1. The van der Waals surface area contributed by atoms with E-state index in [4.69, 9.17) is 10.3 Å². The van der Waals surface area contributed by atoms with Crippen LogP contribution in [0.3, 0.4) is 0 Å². The Kier molecular flexibility index (Phi) is 1.93. The van der Waals surface area contributed by atoms with Crippen LogP contribution in [0.1, 0.15) is 18.9 Å². The number of aromatic nitrogens is 1. The van der Waals surface area contributed by atoms with Crippen LogP contribution in [0.4, 0.5) is 5.82 Å². The molecule has 0 unspecified atom stereocenters. The Bertz CT molecular complexity index is 420. The van der Waals surface area contributed by atoms with Gasteiger partial charge in [0, 0.05) is 0 Å². The third-order valence-corrected chi connectivity index (χ3v) is 2.10. The highest BCUT2D eigenvalue weighted by atomic mass is 16.5. The van der Waals surface area contributed by atoms with Gasteiger partial charge >= 0.3 is 0 Å². The quantitative estimate of drug-likeness (QED) is 0.764. The molecule has 0 saturated heterocycles. The summed E-state index contributed by atoms with van der Waals surface area (Å²) in [6, 6.07) is 6.02. The van der Waals surface area contributed by atoms with Crippen LogP contribution in [-0.4, -0.2) is 5.16 Å². The summed E-state index contributed by atoms with van der Waals surface area (Å²) in [4.78, 5) is 0. The lowest BCUT2D eigenvalue weighted by atomic mass is 10.1. The van der Waals surface area contributed by atoms with Crippen molar-refractivity contribution in [2.45, 2.75) is 19.8 Å². The van der Waals surface area contributed by atoms with Gasteiger partial charge in [0.1, 0.15) is 0 Å². The van der Waals surface area contributed by atoms with Crippen LogP contribution in [0.2, 0.25) is 0 Å². The molecule has 0 saturated carbocycles. The molecule has 0 aliphatic heterocycles. The molecule has 0 fully saturated rings. The first-order valence-corrected chi connectivity index (χ1v) is 4.45. The highest BCUT2D eigenvalue weighted by Crippen LogP contribution is 2.21. The molecule has 1 heterocycles. The molecule has 0 atom stereocenters. The van der Waals surface area contributed by atoms with Gasteiger partial charge in [-0.3, -0.25) is 0 Å². The van der Waals surface area contributed by atoms with Gasteiger partial charge in [0.15, 0.2) is 11.4 Å². The minimum Gasteiger partial charge on any atom is -0.380 e. The van der Waals surface area contributed by atoms with Crippen LogP contribution in [0.25, 0.3) is 11.0 Å². The standard InChI is InChI=1S/C10H12N2O/c1-2-3-7-4-5-9-8(6-7)10(11)12-13-9/h4-6H,2-3H2,1H3,(H2,11,12). The fourth-order valence-corrected chi connectivity index (χ4v) is 1.45. The number of aryl methyl sites for hydroxylation is 1. The minimum atomic E-state index is 0.480.